The lowest BCUT2D eigenvalue weighted by Gasteiger charge is -2.39. The third kappa shape index (κ3) is 5.03. The van der Waals surface area contributed by atoms with Gasteiger partial charge in [-0.25, -0.2) is 4.79 Å². The molecule has 156 valence electrons. The van der Waals surface area contributed by atoms with E-state index in [1.54, 1.807) is 17.0 Å². The zero-order valence-electron chi connectivity index (χ0n) is 18.5. The summed E-state index contributed by atoms with van der Waals surface area (Å²) in [6.07, 6.45) is -0.00699. The van der Waals surface area contributed by atoms with E-state index in [2.05, 4.69) is 20.8 Å². The van der Waals surface area contributed by atoms with Gasteiger partial charge in [-0.2, -0.15) is 0 Å². The highest BCUT2D eigenvalue weighted by molar-refractivity contribution is 6.49. The topological polar surface area (TPSA) is 55.8 Å². The predicted molar refractivity (Wildman–Crippen MR) is 114 cm³/mol. The molecule has 0 N–H and O–H groups in total. The quantitative estimate of drug-likeness (QED) is 0.530. The molecule has 0 aromatic heterocycles. The normalized spacial score (nSPS) is 23.2. The lowest BCUT2D eigenvalue weighted by Crippen LogP contribution is -2.57. The van der Waals surface area contributed by atoms with Crippen LogP contribution in [-0.4, -0.2) is 43.7 Å². The highest BCUT2D eigenvalue weighted by Crippen LogP contribution is 2.45. The van der Waals surface area contributed by atoms with Gasteiger partial charge in [-0.05, 0) is 45.2 Å². The van der Waals surface area contributed by atoms with E-state index in [9.17, 15) is 9.59 Å². The smallest absolute Gasteiger partial charge is 0.412 e. The molecule has 0 aliphatic carbocycles. The second-order valence-corrected chi connectivity index (χ2v) is 12.3. The fourth-order valence-corrected chi connectivity index (χ4v) is 4.69. The number of ether oxygens (including phenoxy) is 1. The molecular formula is C22H35NO4Si. The van der Waals surface area contributed by atoms with Crippen LogP contribution in [0.4, 0.5) is 4.79 Å². The van der Waals surface area contributed by atoms with Crippen molar-refractivity contribution >= 4 is 20.9 Å². The Morgan fingerprint density at radius 3 is 2.11 bits per heavy atom. The fourth-order valence-electron chi connectivity index (χ4n) is 3.58. The van der Waals surface area contributed by atoms with Crippen LogP contribution >= 0.6 is 0 Å². The molecule has 5 nitrogen and oxygen atoms in total. The number of rotatable bonds is 4. The summed E-state index contributed by atoms with van der Waals surface area (Å²) in [6, 6.07) is 9.11. The Hall–Kier alpha value is -1.66. The third-order valence-corrected chi connectivity index (χ3v) is 5.88. The zero-order valence-corrected chi connectivity index (χ0v) is 19.7. The van der Waals surface area contributed by atoms with Crippen LogP contribution in [0, 0.1) is 11.3 Å². The highest BCUT2D eigenvalue weighted by Gasteiger charge is 2.57. The lowest BCUT2D eigenvalue weighted by atomic mass is 9.78. The molecule has 2 rings (SSSR count). The second-order valence-electron chi connectivity index (χ2n) is 10.0. The van der Waals surface area contributed by atoms with Crippen molar-refractivity contribution in [2.75, 3.05) is 6.54 Å². The standard InChI is InChI=1S/C22H35NO4Si/c1-20(2,3)17-14-22(27-28(7)8,18(24)16-12-10-9-11-13-16)23(15-17)19(25)26-21(4,5)6/h9-13,17,28H,14-15H2,1-8H3. The number of hydrogen-bond acceptors (Lipinski definition) is 4. The molecule has 0 saturated carbocycles. The maximum Gasteiger partial charge on any atom is 0.412 e. The zero-order chi connectivity index (χ0) is 21.3. The molecule has 1 aromatic rings. The molecule has 6 heteroatoms. The number of hydrogen-bond donors (Lipinski definition) is 0. The van der Waals surface area contributed by atoms with E-state index in [0.29, 0.717) is 18.5 Å². The maximum absolute atomic E-state index is 13.7. The lowest BCUT2D eigenvalue weighted by molar-refractivity contribution is -0.0489. The minimum atomic E-state index is -1.65. The van der Waals surface area contributed by atoms with Crippen LogP contribution in [0.15, 0.2) is 30.3 Å². The monoisotopic (exact) mass is 405 g/mol. The molecule has 1 aromatic carbocycles. The number of Topliss-reactive ketones (excluding diaryl/α,β-unsaturated/α-hetero) is 1. The first kappa shape index (κ1) is 22.6. The van der Waals surface area contributed by atoms with Gasteiger partial charge in [0.1, 0.15) is 5.60 Å². The van der Waals surface area contributed by atoms with Crippen molar-refractivity contribution < 1.29 is 18.8 Å². The molecular weight excluding hydrogens is 370 g/mol. The van der Waals surface area contributed by atoms with Gasteiger partial charge >= 0.3 is 6.09 Å². The molecule has 2 atom stereocenters. The number of carbonyl (C=O) groups is 2. The SMILES string of the molecule is C[SiH](C)OC1(C(=O)c2ccccc2)CC(C(C)(C)C)CN1C(=O)OC(C)(C)C. The summed E-state index contributed by atoms with van der Waals surface area (Å²) < 4.78 is 12.1. The molecule has 1 saturated heterocycles. The van der Waals surface area contributed by atoms with Gasteiger partial charge in [-0.15, -0.1) is 0 Å². The van der Waals surface area contributed by atoms with Crippen molar-refractivity contribution in [1.29, 1.82) is 0 Å². The minimum Gasteiger partial charge on any atom is -0.444 e. The Morgan fingerprint density at radius 1 is 1.07 bits per heavy atom. The van der Waals surface area contributed by atoms with E-state index in [0.717, 1.165) is 0 Å². The summed E-state index contributed by atoms with van der Waals surface area (Å²) in [6.45, 7) is 16.4. The Kier molecular flexibility index (Phi) is 6.46. The van der Waals surface area contributed by atoms with Crippen LogP contribution in [-0.2, 0) is 9.16 Å². The Morgan fingerprint density at radius 2 is 1.64 bits per heavy atom. The highest BCUT2D eigenvalue weighted by atomic mass is 28.3. The predicted octanol–water partition coefficient (Wildman–Crippen LogP) is 4.87. The third-order valence-electron chi connectivity index (χ3n) is 5.02. The van der Waals surface area contributed by atoms with Crippen LogP contribution in [0.25, 0.3) is 0 Å². The van der Waals surface area contributed by atoms with E-state index in [4.69, 9.17) is 9.16 Å². The number of amides is 1. The Labute approximate surface area is 171 Å². The molecule has 1 amide bonds. The molecule has 0 radical (unpaired) electrons. The molecule has 1 fully saturated rings. The van der Waals surface area contributed by atoms with Crippen molar-refractivity contribution in [2.45, 2.75) is 72.4 Å². The van der Waals surface area contributed by atoms with E-state index < -0.39 is 26.5 Å². The van der Waals surface area contributed by atoms with Gasteiger partial charge < -0.3 is 9.16 Å². The second kappa shape index (κ2) is 7.99. The summed E-state index contributed by atoms with van der Waals surface area (Å²) in [5.41, 5.74) is -1.46. The van der Waals surface area contributed by atoms with E-state index >= 15 is 0 Å². The van der Waals surface area contributed by atoms with Gasteiger partial charge in [0, 0.05) is 18.5 Å². The molecule has 28 heavy (non-hydrogen) atoms. The molecule has 1 heterocycles. The molecule has 1 aliphatic rings. The van der Waals surface area contributed by atoms with Gasteiger partial charge in [0.15, 0.2) is 9.04 Å². The minimum absolute atomic E-state index is 0.0686. The van der Waals surface area contributed by atoms with Crippen LogP contribution in [0.1, 0.15) is 58.3 Å². The van der Waals surface area contributed by atoms with Crippen molar-refractivity contribution in [3.05, 3.63) is 35.9 Å². The first-order chi connectivity index (χ1) is 12.8. The fraction of sp³-hybridized carbons (Fsp3) is 0.636. The van der Waals surface area contributed by atoms with Crippen molar-refractivity contribution in [1.82, 2.24) is 4.90 Å². The van der Waals surface area contributed by atoms with Gasteiger partial charge in [-0.1, -0.05) is 51.1 Å². The number of benzene rings is 1. The molecule has 1 aliphatic heterocycles. The van der Waals surface area contributed by atoms with E-state index in [1.807, 2.05) is 52.1 Å². The van der Waals surface area contributed by atoms with Crippen LogP contribution in [0.5, 0.6) is 0 Å². The number of carbonyl (C=O) groups excluding carboxylic acids is 2. The van der Waals surface area contributed by atoms with E-state index in [-0.39, 0.29) is 17.1 Å². The maximum atomic E-state index is 13.7. The summed E-state index contributed by atoms with van der Waals surface area (Å²) in [5, 5.41) is 0. The molecule has 0 spiro atoms. The van der Waals surface area contributed by atoms with Crippen molar-refractivity contribution in [2.24, 2.45) is 11.3 Å². The largest absolute Gasteiger partial charge is 0.444 e. The van der Waals surface area contributed by atoms with Gasteiger partial charge in [0.25, 0.3) is 0 Å². The average Bonchev–Trinajstić information content (AvgIpc) is 2.93. The van der Waals surface area contributed by atoms with Gasteiger partial charge in [0.05, 0.1) is 0 Å². The Bertz CT molecular complexity index is 705. The summed E-state index contributed by atoms with van der Waals surface area (Å²) >= 11 is 0. The first-order valence-corrected chi connectivity index (χ1v) is 12.8. The summed E-state index contributed by atoms with van der Waals surface area (Å²) in [7, 11) is -1.65. The summed E-state index contributed by atoms with van der Waals surface area (Å²) in [4.78, 5) is 28.4. The summed E-state index contributed by atoms with van der Waals surface area (Å²) in [5.74, 6) is -0.0349. The van der Waals surface area contributed by atoms with Crippen molar-refractivity contribution in [3.8, 4) is 0 Å². The number of likely N-dealkylation sites (tertiary alicyclic amines) is 1. The molecule has 2 unspecified atom stereocenters. The number of ketones is 1. The van der Waals surface area contributed by atoms with Crippen molar-refractivity contribution in [3.63, 3.8) is 0 Å². The van der Waals surface area contributed by atoms with Crippen LogP contribution in [0.3, 0.4) is 0 Å². The van der Waals surface area contributed by atoms with E-state index in [1.165, 1.54) is 0 Å². The molecule has 0 bridgehead atoms. The average molecular weight is 406 g/mol. The van der Waals surface area contributed by atoms with Gasteiger partial charge in [0.2, 0.25) is 11.5 Å². The number of nitrogens with zero attached hydrogens (tertiary/aromatic N) is 1. The van der Waals surface area contributed by atoms with Crippen LogP contribution < -0.4 is 0 Å². The Balaban J connectivity index is 2.55. The first-order valence-electron chi connectivity index (χ1n) is 10.0. The van der Waals surface area contributed by atoms with Crippen LogP contribution in [0.2, 0.25) is 13.1 Å². The van der Waals surface area contributed by atoms with Gasteiger partial charge in [-0.3, -0.25) is 9.69 Å².